The highest BCUT2D eigenvalue weighted by molar-refractivity contribution is 6.30. The Balaban J connectivity index is 1.57. The van der Waals surface area contributed by atoms with Gasteiger partial charge in [-0.2, -0.15) is 0 Å². The highest BCUT2D eigenvalue weighted by Crippen LogP contribution is 2.20. The van der Waals surface area contributed by atoms with Crippen LogP contribution < -0.4 is 5.32 Å². The Hall–Kier alpha value is -2.40. The molecule has 2 heterocycles. The molecule has 1 aliphatic rings. The van der Waals surface area contributed by atoms with Crippen LogP contribution in [0.25, 0.3) is 0 Å². The molecule has 130 valence electrons. The van der Waals surface area contributed by atoms with Crippen LogP contribution in [0.15, 0.2) is 48.8 Å². The minimum Gasteiger partial charge on any atom is -0.352 e. The first-order chi connectivity index (χ1) is 12.1. The molecule has 1 aromatic heterocycles. The van der Waals surface area contributed by atoms with Crippen LogP contribution in [0.4, 0.5) is 0 Å². The number of rotatable bonds is 4. The number of aromatic nitrogens is 1. The zero-order valence-corrected chi connectivity index (χ0v) is 14.6. The first kappa shape index (κ1) is 17.4. The summed E-state index contributed by atoms with van der Waals surface area (Å²) in [5, 5.41) is 3.55. The SMILES string of the molecule is O=C(NCc1ccncc1)C1CCCN(C(=O)c2ccc(Cl)cc2)C1. The van der Waals surface area contributed by atoms with E-state index in [4.69, 9.17) is 11.6 Å². The fraction of sp³-hybridized carbons (Fsp3) is 0.316. The van der Waals surface area contributed by atoms with Gasteiger partial charge in [0, 0.05) is 42.6 Å². The minimum absolute atomic E-state index is 0.00887. The summed E-state index contributed by atoms with van der Waals surface area (Å²) in [6.07, 6.45) is 5.03. The molecule has 1 unspecified atom stereocenters. The van der Waals surface area contributed by atoms with Crippen molar-refractivity contribution in [2.75, 3.05) is 13.1 Å². The molecule has 6 heteroatoms. The standard InChI is InChI=1S/C19H20ClN3O2/c20-17-5-3-15(4-6-17)19(25)23-11-1-2-16(13-23)18(24)22-12-14-7-9-21-10-8-14/h3-10,16H,1-2,11-13H2,(H,22,24). The van der Waals surface area contributed by atoms with Gasteiger partial charge in [0.25, 0.3) is 5.91 Å². The van der Waals surface area contributed by atoms with Crippen molar-refractivity contribution in [2.45, 2.75) is 19.4 Å². The number of benzene rings is 1. The molecule has 0 aliphatic carbocycles. The molecule has 25 heavy (non-hydrogen) atoms. The lowest BCUT2D eigenvalue weighted by atomic mass is 9.96. The number of hydrogen-bond acceptors (Lipinski definition) is 3. The van der Waals surface area contributed by atoms with Crippen LogP contribution in [0.1, 0.15) is 28.8 Å². The van der Waals surface area contributed by atoms with E-state index in [9.17, 15) is 9.59 Å². The maximum Gasteiger partial charge on any atom is 0.253 e. The zero-order valence-electron chi connectivity index (χ0n) is 13.8. The summed E-state index contributed by atoms with van der Waals surface area (Å²) in [6.45, 7) is 1.60. The van der Waals surface area contributed by atoms with Crippen molar-refractivity contribution in [1.29, 1.82) is 0 Å². The summed E-state index contributed by atoms with van der Waals surface area (Å²) in [5.41, 5.74) is 1.61. The van der Waals surface area contributed by atoms with Gasteiger partial charge in [0.05, 0.1) is 5.92 Å². The normalized spacial score (nSPS) is 17.2. The fourth-order valence-electron chi connectivity index (χ4n) is 2.98. The molecule has 1 aromatic carbocycles. The summed E-state index contributed by atoms with van der Waals surface area (Å²) in [5.74, 6) is -0.236. The van der Waals surface area contributed by atoms with Crippen molar-refractivity contribution < 1.29 is 9.59 Å². The van der Waals surface area contributed by atoms with E-state index in [1.807, 2.05) is 12.1 Å². The van der Waals surface area contributed by atoms with Crippen LogP contribution in [0, 0.1) is 5.92 Å². The molecule has 2 aromatic rings. The van der Waals surface area contributed by atoms with E-state index in [-0.39, 0.29) is 17.7 Å². The van der Waals surface area contributed by atoms with Gasteiger partial charge in [0.1, 0.15) is 0 Å². The molecule has 1 aliphatic heterocycles. The van der Waals surface area contributed by atoms with Crippen LogP contribution in [-0.4, -0.2) is 34.8 Å². The number of carbonyl (C=O) groups is 2. The molecule has 3 rings (SSSR count). The number of carbonyl (C=O) groups excluding carboxylic acids is 2. The van der Waals surface area contributed by atoms with E-state index in [2.05, 4.69) is 10.3 Å². The molecule has 0 saturated carbocycles. The monoisotopic (exact) mass is 357 g/mol. The van der Waals surface area contributed by atoms with Gasteiger partial charge in [0.2, 0.25) is 5.91 Å². The first-order valence-corrected chi connectivity index (χ1v) is 8.73. The maximum absolute atomic E-state index is 12.6. The predicted molar refractivity (Wildman–Crippen MR) is 96.2 cm³/mol. The Morgan fingerprint density at radius 1 is 1.16 bits per heavy atom. The molecule has 0 bridgehead atoms. The number of nitrogens with zero attached hydrogens (tertiary/aromatic N) is 2. The second kappa shape index (κ2) is 8.12. The van der Waals surface area contributed by atoms with Crippen molar-refractivity contribution in [3.05, 3.63) is 64.9 Å². The molecular formula is C19H20ClN3O2. The van der Waals surface area contributed by atoms with Crippen molar-refractivity contribution in [1.82, 2.24) is 15.2 Å². The Labute approximate surface area is 152 Å². The first-order valence-electron chi connectivity index (χ1n) is 8.35. The summed E-state index contributed by atoms with van der Waals surface area (Å²) in [6, 6.07) is 10.6. The highest BCUT2D eigenvalue weighted by Gasteiger charge is 2.28. The molecule has 1 atom stereocenters. The predicted octanol–water partition coefficient (Wildman–Crippen LogP) is 2.90. The largest absolute Gasteiger partial charge is 0.352 e. The van der Waals surface area contributed by atoms with Crippen molar-refractivity contribution in [3.8, 4) is 0 Å². The van der Waals surface area contributed by atoms with Crippen molar-refractivity contribution in [3.63, 3.8) is 0 Å². The van der Waals surface area contributed by atoms with E-state index in [1.54, 1.807) is 41.6 Å². The molecule has 1 fully saturated rings. The average molecular weight is 358 g/mol. The van der Waals surface area contributed by atoms with Gasteiger partial charge >= 0.3 is 0 Å². The third kappa shape index (κ3) is 4.57. The summed E-state index contributed by atoms with van der Waals surface area (Å²) < 4.78 is 0. The van der Waals surface area contributed by atoms with Gasteiger partial charge in [-0.05, 0) is 54.8 Å². The lowest BCUT2D eigenvalue weighted by Gasteiger charge is -2.32. The maximum atomic E-state index is 12.6. The minimum atomic E-state index is -0.174. The Morgan fingerprint density at radius 2 is 1.88 bits per heavy atom. The van der Waals surface area contributed by atoms with E-state index in [0.717, 1.165) is 18.4 Å². The molecule has 0 spiro atoms. The van der Waals surface area contributed by atoms with E-state index in [0.29, 0.717) is 30.2 Å². The van der Waals surface area contributed by atoms with Gasteiger partial charge in [-0.25, -0.2) is 0 Å². The number of halogens is 1. The van der Waals surface area contributed by atoms with Gasteiger partial charge < -0.3 is 10.2 Å². The number of amides is 2. The van der Waals surface area contributed by atoms with Gasteiger partial charge in [-0.15, -0.1) is 0 Å². The lowest BCUT2D eigenvalue weighted by molar-refractivity contribution is -0.126. The summed E-state index contributed by atoms with van der Waals surface area (Å²) in [7, 11) is 0. The quantitative estimate of drug-likeness (QED) is 0.915. The molecule has 2 amide bonds. The van der Waals surface area contributed by atoms with Crippen LogP contribution in [0.2, 0.25) is 5.02 Å². The second-order valence-corrected chi connectivity index (χ2v) is 6.61. The molecule has 1 saturated heterocycles. The van der Waals surface area contributed by atoms with E-state index >= 15 is 0 Å². The number of pyridine rings is 1. The third-order valence-electron chi connectivity index (χ3n) is 4.39. The Bertz CT molecular complexity index is 734. The average Bonchev–Trinajstić information content (AvgIpc) is 2.67. The summed E-state index contributed by atoms with van der Waals surface area (Å²) in [4.78, 5) is 30.8. The van der Waals surface area contributed by atoms with E-state index in [1.165, 1.54) is 0 Å². The van der Waals surface area contributed by atoms with Gasteiger partial charge in [-0.3, -0.25) is 14.6 Å². The topological polar surface area (TPSA) is 62.3 Å². The highest BCUT2D eigenvalue weighted by atomic mass is 35.5. The number of hydrogen-bond donors (Lipinski definition) is 1. The second-order valence-electron chi connectivity index (χ2n) is 6.17. The summed E-state index contributed by atoms with van der Waals surface area (Å²) >= 11 is 5.87. The molecular weight excluding hydrogens is 338 g/mol. The van der Waals surface area contributed by atoms with E-state index < -0.39 is 0 Å². The number of likely N-dealkylation sites (tertiary alicyclic amines) is 1. The van der Waals surface area contributed by atoms with Crippen molar-refractivity contribution >= 4 is 23.4 Å². The van der Waals surface area contributed by atoms with Gasteiger partial charge in [0.15, 0.2) is 0 Å². The molecule has 5 nitrogen and oxygen atoms in total. The van der Waals surface area contributed by atoms with Crippen molar-refractivity contribution in [2.24, 2.45) is 5.92 Å². The lowest BCUT2D eigenvalue weighted by Crippen LogP contribution is -2.45. The van der Waals surface area contributed by atoms with Crippen LogP contribution >= 0.6 is 11.6 Å². The number of piperidine rings is 1. The van der Waals surface area contributed by atoms with Crippen LogP contribution in [0.3, 0.4) is 0 Å². The van der Waals surface area contributed by atoms with Gasteiger partial charge in [-0.1, -0.05) is 11.6 Å². The molecule has 1 N–H and O–H groups in total. The number of nitrogens with one attached hydrogen (secondary N) is 1. The van der Waals surface area contributed by atoms with Crippen LogP contribution in [0.5, 0.6) is 0 Å². The van der Waals surface area contributed by atoms with Crippen LogP contribution in [-0.2, 0) is 11.3 Å². The zero-order chi connectivity index (χ0) is 17.6. The smallest absolute Gasteiger partial charge is 0.253 e. The Kier molecular flexibility index (Phi) is 5.66. The third-order valence-corrected chi connectivity index (χ3v) is 4.64. The Morgan fingerprint density at radius 3 is 2.60 bits per heavy atom. The molecule has 0 radical (unpaired) electrons. The fourth-order valence-corrected chi connectivity index (χ4v) is 3.11.